The number of aryl methyl sites for hydroxylation is 1. The molecule has 1 unspecified atom stereocenters. The molecule has 1 heterocycles. The number of methoxy groups -OCH3 is 1. The average molecular weight is 504 g/mol. The van der Waals surface area contributed by atoms with Crippen LogP contribution in [0.4, 0.5) is 27.6 Å². The summed E-state index contributed by atoms with van der Waals surface area (Å²) in [5.74, 6) is -1.10. The summed E-state index contributed by atoms with van der Waals surface area (Å²) < 4.78 is 75.8. The lowest BCUT2D eigenvalue weighted by Crippen LogP contribution is -2.53. The molecule has 34 heavy (non-hydrogen) atoms. The average Bonchev–Trinajstić information content (AvgIpc) is 2.74. The Kier molecular flexibility index (Phi) is 6.96. The molecular formula is C23H23ClF5N3O2. The Morgan fingerprint density at radius 3 is 2.41 bits per heavy atom. The summed E-state index contributed by atoms with van der Waals surface area (Å²) in [6.07, 6.45) is -4.61. The zero-order valence-electron chi connectivity index (χ0n) is 18.8. The standard InChI is InChI=1S/C23H23ClF5N3O2/c1-12-30-9-13-18(6-5-16(25)20(13)32-12)31-11-22(33,23(27,28)29)10-21(2,3)14-7-17(26)15(24)8-19(14)34-4/h5-9,31,33H,10-11H2,1-4H3. The van der Waals surface area contributed by atoms with Gasteiger partial charge < -0.3 is 15.2 Å². The summed E-state index contributed by atoms with van der Waals surface area (Å²) >= 11 is 5.78. The van der Waals surface area contributed by atoms with Crippen LogP contribution in [-0.2, 0) is 5.41 Å². The molecule has 3 rings (SSSR count). The molecule has 2 N–H and O–H groups in total. The van der Waals surface area contributed by atoms with Crippen molar-refractivity contribution < 1.29 is 31.8 Å². The van der Waals surface area contributed by atoms with Gasteiger partial charge >= 0.3 is 6.18 Å². The first kappa shape index (κ1) is 25.9. The van der Waals surface area contributed by atoms with Crippen LogP contribution in [-0.4, -0.2) is 40.5 Å². The summed E-state index contributed by atoms with van der Waals surface area (Å²) in [7, 11) is 1.28. The lowest BCUT2D eigenvalue weighted by atomic mass is 9.74. The Morgan fingerprint density at radius 1 is 1.12 bits per heavy atom. The Hall–Kier alpha value is -2.72. The Labute approximate surface area is 197 Å². The summed E-state index contributed by atoms with van der Waals surface area (Å²) in [6.45, 7) is 3.45. The molecule has 2 aromatic carbocycles. The van der Waals surface area contributed by atoms with Crippen molar-refractivity contribution in [1.29, 1.82) is 0 Å². The third-order valence-electron chi connectivity index (χ3n) is 5.63. The molecule has 0 aliphatic heterocycles. The first-order valence-electron chi connectivity index (χ1n) is 10.2. The number of nitrogens with one attached hydrogen (secondary N) is 1. The van der Waals surface area contributed by atoms with Gasteiger partial charge in [-0.25, -0.2) is 18.7 Å². The lowest BCUT2D eigenvalue weighted by molar-refractivity contribution is -0.260. The number of fused-ring (bicyclic) bond motifs is 1. The number of halogens is 6. The van der Waals surface area contributed by atoms with Crippen molar-refractivity contribution in [2.45, 2.75) is 44.4 Å². The summed E-state index contributed by atoms with van der Waals surface area (Å²) in [4.78, 5) is 7.96. The lowest BCUT2D eigenvalue weighted by Gasteiger charge is -2.38. The van der Waals surface area contributed by atoms with E-state index in [9.17, 15) is 27.1 Å². The predicted octanol–water partition coefficient (Wildman–Crippen LogP) is 5.95. The number of anilines is 1. The highest BCUT2D eigenvalue weighted by Gasteiger charge is 2.56. The number of hydrogen-bond acceptors (Lipinski definition) is 5. The summed E-state index contributed by atoms with van der Waals surface area (Å²) in [5.41, 5.74) is -4.48. The van der Waals surface area contributed by atoms with E-state index in [1.807, 2.05) is 0 Å². The van der Waals surface area contributed by atoms with Gasteiger partial charge in [-0.05, 0) is 37.0 Å². The molecule has 0 saturated heterocycles. The van der Waals surface area contributed by atoms with E-state index >= 15 is 0 Å². The topological polar surface area (TPSA) is 67.3 Å². The van der Waals surface area contributed by atoms with Crippen molar-refractivity contribution in [2.75, 3.05) is 19.0 Å². The molecule has 11 heteroatoms. The van der Waals surface area contributed by atoms with Crippen molar-refractivity contribution in [1.82, 2.24) is 9.97 Å². The van der Waals surface area contributed by atoms with Crippen molar-refractivity contribution in [2.24, 2.45) is 0 Å². The number of aliphatic hydroxyl groups is 1. The summed E-state index contributed by atoms with van der Waals surface area (Å²) in [5, 5.41) is 13.3. The van der Waals surface area contributed by atoms with E-state index in [1.165, 1.54) is 39.3 Å². The van der Waals surface area contributed by atoms with E-state index in [2.05, 4.69) is 15.3 Å². The van der Waals surface area contributed by atoms with Gasteiger partial charge in [-0.2, -0.15) is 13.2 Å². The quantitative estimate of drug-likeness (QED) is 0.390. The first-order chi connectivity index (χ1) is 15.7. The van der Waals surface area contributed by atoms with E-state index in [0.29, 0.717) is 5.82 Å². The molecule has 1 atom stereocenters. The van der Waals surface area contributed by atoms with Crippen LogP contribution in [0.3, 0.4) is 0 Å². The number of benzene rings is 2. The maximum Gasteiger partial charge on any atom is 0.418 e. The zero-order chi connectivity index (χ0) is 25.5. The highest BCUT2D eigenvalue weighted by Crippen LogP contribution is 2.44. The largest absolute Gasteiger partial charge is 0.496 e. The molecule has 184 valence electrons. The fourth-order valence-corrected chi connectivity index (χ4v) is 4.04. The SMILES string of the molecule is COc1cc(Cl)c(F)cc1C(C)(C)CC(O)(CNc1ccc(F)c2nc(C)ncc12)C(F)(F)F. The number of ether oxygens (including phenoxy) is 1. The van der Waals surface area contributed by atoms with E-state index in [-0.39, 0.29) is 32.9 Å². The normalized spacial score (nSPS) is 14.2. The van der Waals surface area contributed by atoms with Crippen LogP contribution in [0, 0.1) is 18.6 Å². The maximum atomic E-state index is 14.2. The van der Waals surface area contributed by atoms with Crippen molar-refractivity contribution in [3.63, 3.8) is 0 Å². The van der Waals surface area contributed by atoms with E-state index in [1.54, 1.807) is 6.92 Å². The van der Waals surface area contributed by atoms with Gasteiger partial charge in [0.2, 0.25) is 0 Å². The number of rotatable bonds is 7. The van der Waals surface area contributed by atoms with E-state index < -0.39 is 41.8 Å². The van der Waals surface area contributed by atoms with Crippen molar-refractivity contribution in [3.05, 3.63) is 58.5 Å². The second-order valence-electron chi connectivity index (χ2n) is 8.68. The number of hydrogen-bond donors (Lipinski definition) is 2. The number of aromatic nitrogens is 2. The Balaban J connectivity index is 1.97. The molecule has 0 amide bonds. The van der Waals surface area contributed by atoms with Crippen LogP contribution in [0.1, 0.15) is 31.7 Å². The van der Waals surface area contributed by atoms with Gasteiger partial charge in [0, 0.05) is 28.9 Å². The first-order valence-corrected chi connectivity index (χ1v) is 10.5. The number of nitrogens with zero attached hydrogens (tertiary/aromatic N) is 2. The van der Waals surface area contributed by atoms with Gasteiger partial charge in [-0.3, -0.25) is 0 Å². The van der Waals surface area contributed by atoms with Crippen LogP contribution < -0.4 is 10.1 Å². The van der Waals surface area contributed by atoms with Crippen molar-refractivity contribution in [3.8, 4) is 5.75 Å². The third-order valence-corrected chi connectivity index (χ3v) is 5.92. The highest BCUT2D eigenvalue weighted by atomic mass is 35.5. The fourth-order valence-electron chi connectivity index (χ4n) is 3.89. The smallest absolute Gasteiger partial charge is 0.418 e. The third kappa shape index (κ3) is 5.02. The predicted molar refractivity (Wildman–Crippen MR) is 119 cm³/mol. The maximum absolute atomic E-state index is 14.2. The zero-order valence-corrected chi connectivity index (χ0v) is 19.6. The van der Waals surface area contributed by atoms with E-state index in [0.717, 1.165) is 12.1 Å². The molecule has 3 aromatic rings. The Bertz CT molecular complexity index is 1220. The van der Waals surface area contributed by atoms with Crippen LogP contribution in [0.5, 0.6) is 5.75 Å². The van der Waals surface area contributed by atoms with Gasteiger partial charge in [0.1, 0.15) is 28.7 Å². The fraction of sp³-hybridized carbons (Fsp3) is 0.391. The van der Waals surface area contributed by atoms with Gasteiger partial charge in [-0.1, -0.05) is 25.4 Å². The highest BCUT2D eigenvalue weighted by molar-refractivity contribution is 6.30. The molecule has 0 aliphatic rings. The van der Waals surface area contributed by atoms with Gasteiger partial charge in [0.05, 0.1) is 18.7 Å². The van der Waals surface area contributed by atoms with Gasteiger partial charge in [-0.15, -0.1) is 0 Å². The van der Waals surface area contributed by atoms with Gasteiger partial charge in [0.15, 0.2) is 5.60 Å². The molecule has 0 saturated carbocycles. The van der Waals surface area contributed by atoms with Gasteiger partial charge in [0.25, 0.3) is 0 Å². The molecule has 0 fully saturated rings. The minimum absolute atomic E-state index is 0.0604. The van der Waals surface area contributed by atoms with Crippen LogP contribution in [0.15, 0.2) is 30.5 Å². The minimum atomic E-state index is -5.06. The number of alkyl halides is 3. The Morgan fingerprint density at radius 2 is 1.79 bits per heavy atom. The van der Waals surface area contributed by atoms with E-state index in [4.69, 9.17) is 16.3 Å². The second kappa shape index (κ2) is 9.14. The second-order valence-corrected chi connectivity index (χ2v) is 9.09. The minimum Gasteiger partial charge on any atom is -0.496 e. The summed E-state index contributed by atoms with van der Waals surface area (Å²) in [6, 6.07) is 4.48. The molecule has 5 nitrogen and oxygen atoms in total. The molecule has 0 radical (unpaired) electrons. The molecular weight excluding hydrogens is 481 g/mol. The van der Waals surface area contributed by atoms with Crippen molar-refractivity contribution >= 4 is 28.2 Å². The molecule has 1 aromatic heterocycles. The van der Waals surface area contributed by atoms with Crippen LogP contribution in [0.25, 0.3) is 10.9 Å². The monoisotopic (exact) mass is 503 g/mol. The molecule has 0 bridgehead atoms. The molecule has 0 aliphatic carbocycles. The van der Waals surface area contributed by atoms with Crippen LogP contribution >= 0.6 is 11.6 Å². The molecule has 0 spiro atoms. The van der Waals surface area contributed by atoms with Crippen LogP contribution in [0.2, 0.25) is 5.02 Å².